The maximum Gasteiger partial charge on any atom is 0.251 e. The number of amides is 1. The molecule has 6 heteroatoms. The molecule has 2 aliphatic rings. The summed E-state index contributed by atoms with van der Waals surface area (Å²) in [7, 11) is 0. The fourth-order valence-electron chi connectivity index (χ4n) is 3.98. The molecule has 2 aromatic rings. The molecule has 0 bridgehead atoms. The smallest absolute Gasteiger partial charge is 0.251 e. The molecule has 0 aromatic heterocycles. The lowest BCUT2D eigenvalue weighted by Crippen LogP contribution is -2.47. The summed E-state index contributed by atoms with van der Waals surface area (Å²) in [6.07, 6.45) is 4.40. The number of halogens is 2. The van der Waals surface area contributed by atoms with E-state index >= 15 is 0 Å². The van der Waals surface area contributed by atoms with Crippen LogP contribution in [0.3, 0.4) is 0 Å². The average Bonchev–Trinajstić information content (AvgIpc) is 3.13. The van der Waals surface area contributed by atoms with Gasteiger partial charge >= 0.3 is 0 Å². The van der Waals surface area contributed by atoms with E-state index < -0.39 is 5.82 Å². The van der Waals surface area contributed by atoms with E-state index in [2.05, 4.69) is 26.1 Å². The number of hydrogen-bond acceptors (Lipinski definition) is 3. The van der Waals surface area contributed by atoms with E-state index in [0.717, 1.165) is 23.9 Å². The lowest BCUT2D eigenvalue weighted by atomic mass is 9.97. The van der Waals surface area contributed by atoms with Crippen molar-refractivity contribution in [2.45, 2.75) is 37.8 Å². The van der Waals surface area contributed by atoms with Crippen molar-refractivity contribution in [3.8, 4) is 11.5 Å². The van der Waals surface area contributed by atoms with E-state index in [1.165, 1.54) is 31.5 Å². The predicted octanol–water partition coefficient (Wildman–Crippen LogP) is 4.74. The molecule has 2 aromatic carbocycles. The van der Waals surface area contributed by atoms with Gasteiger partial charge in [-0.05, 0) is 74.7 Å². The first kappa shape index (κ1) is 18.4. The molecular formula is C21H22BrFN2O2. The number of fused-ring (bicyclic) bond motifs is 1. The van der Waals surface area contributed by atoms with Gasteiger partial charge in [0.15, 0.2) is 11.6 Å². The number of carbonyl (C=O) groups is 1. The molecule has 2 atom stereocenters. The molecule has 0 saturated carbocycles. The van der Waals surface area contributed by atoms with Crippen molar-refractivity contribution in [1.82, 2.24) is 10.2 Å². The molecule has 1 N–H and O–H groups in total. The van der Waals surface area contributed by atoms with Crippen molar-refractivity contribution in [2.24, 2.45) is 0 Å². The van der Waals surface area contributed by atoms with Gasteiger partial charge in [0, 0.05) is 28.7 Å². The molecule has 1 amide bonds. The molecule has 0 spiro atoms. The molecule has 2 aliphatic heterocycles. The molecule has 0 radical (unpaired) electrons. The Hall–Kier alpha value is -1.92. The number of hydrogen-bond donors (Lipinski definition) is 1. The minimum absolute atomic E-state index is 0.105. The third-order valence-corrected chi connectivity index (χ3v) is 5.92. The highest BCUT2D eigenvalue weighted by molar-refractivity contribution is 9.10. The fraction of sp³-hybridized carbons (Fsp3) is 0.381. The van der Waals surface area contributed by atoms with Crippen LogP contribution < -0.4 is 10.1 Å². The van der Waals surface area contributed by atoms with Gasteiger partial charge in [0.05, 0.1) is 0 Å². The first-order valence-corrected chi connectivity index (χ1v) is 10.2. The molecule has 27 heavy (non-hydrogen) atoms. The van der Waals surface area contributed by atoms with Crippen LogP contribution in [-0.4, -0.2) is 36.0 Å². The third-order valence-electron chi connectivity index (χ3n) is 5.39. The molecule has 2 heterocycles. The predicted molar refractivity (Wildman–Crippen MR) is 106 cm³/mol. The van der Waals surface area contributed by atoms with Crippen LogP contribution in [0.5, 0.6) is 11.5 Å². The van der Waals surface area contributed by atoms with Crippen molar-refractivity contribution < 1.29 is 13.9 Å². The Labute approximate surface area is 166 Å². The van der Waals surface area contributed by atoms with E-state index in [1.54, 1.807) is 18.2 Å². The van der Waals surface area contributed by atoms with Crippen LogP contribution in [0.4, 0.5) is 4.39 Å². The van der Waals surface area contributed by atoms with Gasteiger partial charge in [-0.15, -0.1) is 0 Å². The number of piperidine rings is 1. The second-order valence-electron chi connectivity index (χ2n) is 7.23. The van der Waals surface area contributed by atoms with Crippen LogP contribution in [0.25, 0.3) is 0 Å². The quantitative estimate of drug-likeness (QED) is 0.758. The van der Waals surface area contributed by atoms with E-state index in [9.17, 15) is 9.18 Å². The SMILES string of the molecule is O=C(N[C@H]1CCN2CCC[C@@H]2C1)c1ccc(Oc2ccc(Br)cc2)c(F)c1. The zero-order valence-electron chi connectivity index (χ0n) is 15.0. The van der Waals surface area contributed by atoms with Crippen LogP contribution >= 0.6 is 15.9 Å². The van der Waals surface area contributed by atoms with Crippen LogP contribution in [0.1, 0.15) is 36.0 Å². The number of nitrogens with one attached hydrogen (secondary N) is 1. The van der Waals surface area contributed by atoms with E-state index in [-0.39, 0.29) is 17.7 Å². The summed E-state index contributed by atoms with van der Waals surface area (Å²) < 4.78 is 20.9. The van der Waals surface area contributed by atoms with Crippen LogP contribution in [0.2, 0.25) is 0 Å². The summed E-state index contributed by atoms with van der Waals surface area (Å²) in [5.41, 5.74) is 0.324. The van der Waals surface area contributed by atoms with Gasteiger partial charge in [-0.1, -0.05) is 15.9 Å². The summed E-state index contributed by atoms with van der Waals surface area (Å²) in [5.74, 6) is -0.123. The van der Waals surface area contributed by atoms with Gasteiger partial charge in [-0.25, -0.2) is 4.39 Å². The molecule has 0 unspecified atom stereocenters. The number of nitrogens with zero attached hydrogens (tertiary/aromatic N) is 1. The summed E-state index contributed by atoms with van der Waals surface area (Å²) >= 11 is 3.35. The fourth-order valence-corrected chi connectivity index (χ4v) is 4.24. The zero-order chi connectivity index (χ0) is 18.8. The lowest BCUT2D eigenvalue weighted by Gasteiger charge is -2.35. The van der Waals surface area contributed by atoms with Crippen molar-refractivity contribution in [3.05, 3.63) is 58.3 Å². The van der Waals surface area contributed by atoms with Gasteiger partial charge in [-0.3, -0.25) is 4.79 Å². The Morgan fingerprint density at radius 3 is 2.74 bits per heavy atom. The Bertz CT molecular complexity index is 827. The van der Waals surface area contributed by atoms with Crippen molar-refractivity contribution in [1.29, 1.82) is 0 Å². The molecule has 0 aliphatic carbocycles. The largest absolute Gasteiger partial charge is 0.454 e. The topological polar surface area (TPSA) is 41.6 Å². The maximum absolute atomic E-state index is 14.4. The molecule has 4 rings (SSSR count). The van der Waals surface area contributed by atoms with Gasteiger partial charge < -0.3 is 15.0 Å². The highest BCUT2D eigenvalue weighted by Gasteiger charge is 2.32. The molecule has 2 fully saturated rings. The number of rotatable bonds is 4. The zero-order valence-corrected chi connectivity index (χ0v) is 16.5. The molecule has 142 valence electrons. The van der Waals surface area contributed by atoms with Gasteiger partial charge in [0.2, 0.25) is 0 Å². The Morgan fingerprint density at radius 2 is 1.96 bits per heavy atom. The highest BCUT2D eigenvalue weighted by Crippen LogP contribution is 2.28. The Morgan fingerprint density at radius 1 is 1.15 bits per heavy atom. The number of carbonyl (C=O) groups excluding carboxylic acids is 1. The minimum Gasteiger partial charge on any atom is -0.454 e. The average molecular weight is 433 g/mol. The first-order chi connectivity index (χ1) is 13.1. The number of benzene rings is 2. The van der Waals surface area contributed by atoms with Gasteiger partial charge in [0.25, 0.3) is 5.91 Å². The van der Waals surface area contributed by atoms with Crippen LogP contribution in [0, 0.1) is 5.82 Å². The van der Waals surface area contributed by atoms with Gasteiger partial charge in [-0.2, -0.15) is 0 Å². The van der Waals surface area contributed by atoms with E-state index in [0.29, 0.717) is 17.4 Å². The Balaban J connectivity index is 1.39. The molecule has 2 saturated heterocycles. The minimum atomic E-state index is -0.545. The second kappa shape index (κ2) is 7.98. The molecular weight excluding hydrogens is 411 g/mol. The second-order valence-corrected chi connectivity index (χ2v) is 8.14. The number of ether oxygens (including phenoxy) is 1. The van der Waals surface area contributed by atoms with Crippen LogP contribution in [0.15, 0.2) is 46.9 Å². The monoisotopic (exact) mass is 432 g/mol. The normalized spacial score (nSPS) is 22.3. The van der Waals surface area contributed by atoms with Crippen LogP contribution in [-0.2, 0) is 0 Å². The first-order valence-electron chi connectivity index (χ1n) is 9.36. The van der Waals surface area contributed by atoms with E-state index in [4.69, 9.17) is 4.74 Å². The third kappa shape index (κ3) is 4.33. The molecule has 4 nitrogen and oxygen atoms in total. The van der Waals surface area contributed by atoms with Crippen molar-refractivity contribution >= 4 is 21.8 Å². The van der Waals surface area contributed by atoms with Gasteiger partial charge in [0.1, 0.15) is 5.75 Å². The summed E-state index contributed by atoms with van der Waals surface area (Å²) in [5, 5.41) is 3.07. The highest BCUT2D eigenvalue weighted by atomic mass is 79.9. The standard InChI is InChI=1S/C21H22BrFN2O2/c22-15-4-6-18(7-5-15)27-20-8-3-14(12-19(20)23)21(26)24-16-9-11-25-10-1-2-17(25)13-16/h3-8,12,16-17H,1-2,9-11,13H2,(H,24,26)/t16-,17+/m0/s1. The Kier molecular flexibility index (Phi) is 5.45. The van der Waals surface area contributed by atoms with E-state index in [1.807, 2.05) is 12.1 Å². The summed E-state index contributed by atoms with van der Waals surface area (Å²) in [4.78, 5) is 15.0. The summed E-state index contributed by atoms with van der Waals surface area (Å²) in [6, 6.07) is 12.3. The van der Waals surface area contributed by atoms with Crippen molar-refractivity contribution in [3.63, 3.8) is 0 Å². The van der Waals surface area contributed by atoms with Crippen molar-refractivity contribution in [2.75, 3.05) is 13.1 Å². The summed E-state index contributed by atoms with van der Waals surface area (Å²) in [6.45, 7) is 2.21. The lowest BCUT2D eigenvalue weighted by molar-refractivity contribution is 0.0895. The maximum atomic E-state index is 14.4.